The van der Waals surface area contributed by atoms with Gasteiger partial charge in [-0.05, 0) is 59.3 Å². The Morgan fingerprint density at radius 3 is 2.86 bits per heavy atom. The summed E-state index contributed by atoms with van der Waals surface area (Å²) in [5, 5.41) is 4.46. The number of hydrogen-bond acceptors (Lipinski definition) is 4. The van der Waals surface area contributed by atoms with E-state index in [1.54, 1.807) is 18.4 Å². The molecule has 3 fully saturated rings. The number of rotatable bonds is 5. The lowest BCUT2D eigenvalue weighted by atomic mass is 9.82. The molecule has 3 aliphatic rings. The molecule has 0 spiro atoms. The number of fused-ring (bicyclic) bond motifs is 1. The number of benzene rings is 1. The van der Waals surface area contributed by atoms with E-state index in [0.29, 0.717) is 29.7 Å². The second-order valence-corrected chi connectivity index (χ2v) is 9.31. The van der Waals surface area contributed by atoms with Crippen molar-refractivity contribution in [3.63, 3.8) is 0 Å². The predicted octanol–water partition coefficient (Wildman–Crippen LogP) is 3.98. The van der Waals surface area contributed by atoms with Gasteiger partial charge in [-0.25, -0.2) is 0 Å². The van der Waals surface area contributed by atoms with Crippen LogP contribution >= 0.6 is 11.3 Å². The summed E-state index contributed by atoms with van der Waals surface area (Å²) < 4.78 is 5.39. The van der Waals surface area contributed by atoms with Gasteiger partial charge < -0.3 is 9.64 Å². The van der Waals surface area contributed by atoms with Crippen LogP contribution in [0.25, 0.3) is 0 Å². The molecule has 3 atom stereocenters. The lowest BCUT2D eigenvalue weighted by Crippen LogP contribution is -2.48. The Kier molecular flexibility index (Phi) is 4.89. The van der Waals surface area contributed by atoms with E-state index in [-0.39, 0.29) is 0 Å². The molecule has 28 heavy (non-hydrogen) atoms. The van der Waals surface area contributed by atoms with Crippen molar-refractivity contribution in [2.45, 2.75) is 37.8 Å². The van der Waals surface area contributed by atoms with Gasteiger partial charge in [0.1, 0.15) is 5.75 Å². The highest BCUT2D eigenvalue weighted by molar-refractivity contribution is 7.08. The van der Waals surface area contributed by atoms with Crippen LogP contribution in [0.4, 0.5) is 0 Å². The largest absolute Gasteiger partial charge is 0.497 e. The van der Waals surface area contributed by atoms with Crippen LogP contribution < -0.4 is 4.74 Å². The van der Waals surface area contributed by atoms with Crippen molar-refractivity contribution in [2.75, 3.05) is 26.7 Å². The fourth-order valence-electron chi connectivity index (χ4n) is 5.13. The number of piperidine rings is 1. The SMILES string of the molecule is COc1cccc(CN2CC[C@H]3[C@@H](C2)[C@H](c2ccsc2)CN3C(=O)C2CC2)c1. The van der Waals surface area contributed by atoms with E-state index < -0.39 is 0 Å². The minimum absolute atomic E-state index is 0.316. The Bertz CT molecular complexity index is 833. The number of methoxy groups -OCH3 is 1. The molecule has 148 valence electrons. The molecule has 0 N–H and O–H groups in total. The van der Waals surface area contributed by atoms with Gasteiger partial charge >= 0.3 is 0 Å². The van der Waals surface area contributed by atoms with Crippen LogP contribution in [-0.2, 0) is 11.3 Å². The second-order valence-electron chi connectivity index (χ2n) is 8.53. The maximum Gasteiger partial charge on any atom is 0.225 e. The number of amides is 1. The maximum atomic E-state index is 12.9. The molecular formula is C23H28N2O2S. The summed E-state index contributed by atoms with van der Waals surface area (Å²) in [6.07, 6.45) is 3.28. The van der Waals surface area contributed by atoms with Crippen LogP contribution in [-0.4, -0.2) is 48.5 Å². The molecule has 0 radical (unpaired) electrons. The van der Waals surface area contributed by atoms with Crippen LogP contribution in [0, 0.1) is 11.8 Å². The fraction of sp³-hybridized carbons (Fsp3) is 0.522. The number of hydrogen-bond donors (Lipinski definition) is 0. The third-order valence-corrected chi connectivity index (χ3v) is 7.44. The summed E-state index contributed by atoms with van der Waals surface area (Å²) in [7, 11) is 1.72. The van der Waals surface area contributed by atoms with Gasteiger partial charge in [0, 0.05) is 50.0 Å². The molecule has 1 amide bonds. The monoisotopic (exact) mass is 396 g/mol. The minimum atomic E-state index is 0.316. The van der Waals surface area contributed by atoms with Crippen LogP contribution in [0.1, 0.15) is 36.3 Å². The molecule has 3 heterocycles. The molecule has 0 bridgehead atoms. The molecular weight excluding hydrogens is 368 g/mol. The Morgan fingerprint density at radius 2 is 2.11 bits per heavy atom. The molecule has 4 nitrogen and oxygen atoms in total. The van der Waals surface area contributed by atoms with Gasteiger partial charge in [-0.15, -0.1) is 0 Å². The summed E-state index contributed by atoms with van der Waals surface area (Å²) in [5.74, 6) is 2.68. The fourth-order valence-corrected chi connectivity index (χ4v) is 5.86. The first-order valence-corrected chi connectivity index (χ1v) is 11.3. The molecule has 1 saturated carbocycles. The molecule has 1 aromatic heterocycles. The highest BCUT2D eigenvalue weighted by Crippen LogP contribution is 2.44. The molecule has 1 aliphatic carbocycles. The zero-order valence-electron chi connectivity index (χ0n) is 16.4. The zero-order chi connectivity index (χ0) is 19.1. The van der Waals surface area contributed by atoms with E-state index in [9.17, 15) is 4.79 Å². The van der Waals surface area contributed by atoms with Crippen molar-refractivity contribution in [1.29, 1.82) is 0 Å². The third-order valence-electron chi connectivity index (χ3n) is 6.74. The standard InChI is InChI=1S/C23H28N2O2S/c1-27-19-4-2-3-16(11-19)12-24-9-7-22-21(13-24)20(18-8-10-28-15-18)14-25(22)23(26)17-5-6-17/h2-4,8,10-11,15,17,20-22H,5-7,9,12-14H2,1H3/t20-,21-,22-/m0/s1. The van der Waals surface area contributed by atoms with Gasteiger partial charge in [-0.2, -0.15) is 11.3 Å². The zero-order valence-corrected chi connectivity index (χ0v) is 17.2. The van der Waals surface area contributed by atoms with E-state index in [4.69, 9.17) is 4.74 Å². The van der Waals surface area contributed by atoms with Crippen molar-refractivity contribution in [1.82, 2.24) is 9.80 Å². The van der Waals surface area contributed by atoms with E-state index in [1.807, 2.05) is 6.07 Å². The quantitative estimate of drug-likeness (QED) is 0.766. The molecule has 2 aliphatic heterocycles. The number of carbonyl (C=O) groups excluding carboxylic acids is 1. The summed E-state index contributed by atoms with van der Waals surface area (Å²) >= 11 is 1.77. The predicted molar refractivity (Wildman–Crippen MR) is 112 cm³/mol. The summed E-state index contributed by atoms with van der Waals surface area (Å²) in [5.41, 5.74) is 2.73. The van der Waals surface area contributed by atoms with Gasteiger partial charge in [0.2, 0.25) is 5.91 Å². The highest BCUT2D eigenvalue weighted by Gasteiger charge is 2.49. The smallest absolute Gasteiger partial charge is 0.225 e. The summed E-state index contributed by atoms with van der Waals surface area (Å²) in [6.45, 7) is 3.99. The van der Waals surface area contributed by atoms with E-state index >= 15 is 0 Å². The van der Waals surface area contributed by atoms with Crippen LogP contribution in [0.15, 0.2) is 41.1 Å². The first-order chi connectivity index (χ1) is 13.7. The maximum absolute atomic E-state index is 12.9. The number of likely N-dealkylation sites (tertiary alicyclic amines) is 2. The number of carbonyl (C=O) groups is 1. The second kappa shape index (κ2) is 7.53. The number of nitrogens with zero attached hydrogens (tertiary/aromatic N) is 2. The first kappa shape index (κ1) is 18.2. The highest BCUT2D eigenvalue weighted by atomic mass is 32.1. The van der Waals surface area contributed by atoms with E-state index in [2.05, 4.69) is 44.8 Å². The minimum Gasteiger partial charge on any atom is -0.497 e. The van der Waals surface area contributed by atoms with Crippen LogP contribution in [0.5, 0.6) is 5.75 Å². The number of thiophene rings is 1. The van der Waals surface area contributed by atoms with Gasteiger partial charge in [0.15, 0.2) is 0 Å². The van der Waals surface area contributed by atoms with Crippen molar-refractivity contribution < 1.29 is 9.53 Å². The normalized spacial score (nSPS) is 27.6. The van der Waals surface area contributed by atoms with Gasteiger partial charge in [0.25, 0.3) is 0 Å². The average molecular weight is 397 g/mol. The average Bonchev–Trinajstić information content (AvgIpc) is 3.30. The van der Waals surface area contributed by atoms with Crippen LogP contribution in [0.3, 0.4) is 0 Å². The molecule has 2 aromatic rings. The molecule has 5 rings (SSSR count). The van der Waals surface area contributed by atoms with Crippen molar-refractivity contribution in [3.05, 3.63) is 52.2 Å². The Balaban J connectivity index is 1.34. The lowest BCUT2D eigenvalue weighted by molar-refractivity contribution is -0.134. The summed E-state index contributed by atoms with van der Waals surface area (Å²) in [4.78, 5) is 17.7. The lowest BCUT2D eigenvalue weighted by Gasteiger charge is -2.39. The topological polar surface area (TPSA) is 32.8 Å². The third kappa shape index (κ3) is 3.46. The van der Waals surface area contributed by atoms with Crippen LogP contribution in [0.2, 0.25) is 0 Å². The van der Waals surface area contributed by atoms with E-state index in [0.717, 1.165) is 51.2 Å². The van der Waals surface area contributed by atoms with E-state index in [1.165, 1.54) is 11.1 Å². The molecule has 5 heteroatoms. The number of ether oxygens (including phenoxy) is 1. The molecule has 1 aromatic carbocycles. The summed E-state index contributed by atoms with van der Waals surface area (Å²) in [6, 6.07) is 11.1. The first-order valence-electron chi connectivity index (χ1n) is 10.4. The van der Waals surface area contributed by atoms with Crippen molar-refractivity contribution >= 4 is 17.2 Å². The Labute approximate surface area is 171 Å². The molecule has 2 saturated heterocycles. The van der Waals surface area contributed by atoms with Crippen molar-refractivity contribution in [3.8, 4) is 5.75 Å². The van der Waals surface area contributed by atoms with Gasteiger partial charge in [0.05, 0.1) is 7.11 Å². The van der Waals surface area contributed by atoms with Gasteiger partial charge in [-0.1, -0.05) is 12.1 Å². The Hall–Kier alpha value is -1.85. The van der Waals surface area contributed by atoms with Crippen molar-refractivity contribution in [2.24, 2.45) is 11.8 Å². The Morgan fingerprint density at radius 1 is 1.21 bits per heavy atom. The molecule has 0 unspecified atom stereocenters. The van der Waals surface area contributed by atoms with Gasteiger partial charge in [-0.3, -0.25) is 9.69 Å².